The fourth-order valence-corrected chi connectivity index (χ4v) is 3.85. The summed E-state index contributed by atoms with van der Waals surface area (Å²) in [6.45, 7) is 0.556. The Kier molecular flexibility index (Phi) is 4.69. The Bertz CT molecular complexity index is 903. The van der Waals surface area contributed by atoms with E-state index >= 15 is 0 Å². The first kappa shape index (κ1) is 16.8. The van der Waals surface area contributed by atoms with Crippen molar-refractivity contribution in [2.24, 2.45) is 0 Å². The third-order valence-corrected chi connectivity index (χ3v) is 5.22. The second kappa shape index (κ2) is 7.28. The highest BCUT2D eigenvalue weighted by molar-refractivity contribution is 5.97. The lowest BCUT2D eigenvalue weighted by molar-refractivity contribution is 0.0919. The average molecular weight is 352 g/mol. The molecule has 2 aromatic heterocycles. The van der Waals surface area contributed by atoms with Gasteiger partial charge in [-0.25, -0.2) is 0 Å². The zero-order valence-electron chi connectivity index (χ0n) is 15.0. The largest absolute Gasteiger partial charge is 0.496 e. The molecule has 0 atom stereocenters. The molecule has 0 spiro atoms. The van der Waals surface area contributed by atoms with Gasteiger partial charge in [0.05, 0.1) is 25.4 Å². The summed E-state index contributed by atoms with van der Waals surface area (Å²) in [7, 11) is 1.67. The summed E-state index contributed by atoms with van der Waals surface area (Å²) >= 11 is 0. The quantitative estimate of drug-likeness (QED) is 0.742. The van der Waals surface area contributed by atoms with E-state index in [4.69, 9.17) is 9.15 Å². The maximum absolute atomic E-state index is 12.9. The number of nitrogens with zero attached hydrogens (tertiary/aromatic N) is 1. The van der Waals surface area contributed by atoms with Crippen LogP contribution >= 0.6 is 0 Å². The second-order valence-electron chi connectivity index (χ2n) is 6.91. The Balaban J connectivity index is 1.65. The van der Waals surface area contributed by atoms with Gasteiger partial charge in [0, 0.05) is 23.7 Å². The number of ether oxygens (including phenoxy) is 1. The lowest BCUT2D eigenvalue weighted by atomic mass is 9.95. The average Bonchev–Trinajstić information content (AvgIpc) is 3.25. The van der Waals surface area contributed by atoms with Crippen LogP contribution in [-0.4, -0.2) is 23.6 Å². The zero-order chi connectivity index (χ0) is 17.9. The molecule has 0 saturated heterocycles. The highest BCUT2D eigenvalue weighted by Gasteiger charge is 2.22. The van der Waals surface area contributed by atoms with Crippen molar-refractivity contribution in [3.05, 3.63) is 53.9 Å². The summed E-state index contributed by atoms with van der Waals surface area (Å²) in [6.07, 6.45) is 7.44. The number of amides is 1. The molecule has 1 aliphatic carbocycles. The van der Waals surface area contributed by atoms with Crippen LogP contribution in [0.5, 0.6) is 5.75 Å². The lowest BCUT2D eigenvalue weighted by Gasteiger charge is -2.23. The van der Waals surface area contributed by atoms with Crippen LogP contribution < -0.4 is 10.1 Å². The number of hydrogen-bond acceptors (Lipinski definition) is 3. The molecule has 1 aromatic carbocycles. The van der Waals surface area contributed by atoms with Crippen LogP contribution in [0.2, 0.25) is 0 Å². The number of aromatic nitrogens is 1. The maximum atomic E-state index is 12.9. The van der Waals surface area contributed by atoms with Crippen LogP contribution in [0.25, 0.3) is 11.1 Å². The van der Waals surface area contributed by atoms with Gasteiger partial charge in [0.15, 0.2) is 5.58 Å². The molecular weight excluding hydrogens is 328 g/mol. The number of furan rings is 1. The van der Waals surface area contributed by atoms with Gasteiger partial charge in [0.2, 0.25) is 0 Å². The van der Waals surface area contributed by atoms with Gasteiger partial charge in [-0.2, -0.15) is 0 Å². The van der Waals surface area contributed by atoms with E-state index in [1.807, 2.05) is 41.0 Å². The Labute approximate surface area is 152 Å². The van der Waals surface area contributed by atoms with Crippen LogP contribution in [0, 0.1) is 0 Å². The lowest BCUT2D eigenvalue weighted by Crippen LogP contribution is -2.37. The van der Waals surface area contributed by atoms with E-state index in [1.165, 1.54) is 19.3 Å². The van der Waals surface area contributed by atoms with Crippen LogP contribution in [0.15, 0.2) is 47.1 Å². The van der Waals surface area contributed by atoms with Gasteiger partial charge in [-0.3, -0.25) is 4.79 Å². The molecule has 4 rings (SSSR count). The summed E-state index contributed by atoms with van der Waals surface area (Å²) in [5.41, 5.74) is 3.31. The number of carbonyl (C=O) groups is 1. The molecule has 3 aromatic rings. The minimum Gasteiger partial charge on any atom is -0.496 e. The zero-order valence-corrected chi connectivity index (χ0v) is 15.0. The molecule has 1 N–H and O–H groups in total. The van der Waals surface area contributed by atoms with Gasteiger partial charge in [0.1, 0.15) is 11.4 Å². The summed E-state index contributed by atoms with van der Waals surface area (Å²) < 4.78 is 13.0. The fourth-order valence-electron chi connectivity index (χ4n) is 3.85. The summed E-state index contributed by atoms with van der Waals surface area (Å²) in [6, 6.07) is 11.9. The minimum absolute atomic E-state index is 0.0294. The van der Waals surface area contributed by atoms with Crippen LogP contribution in [-0.2, 0) is 6.54 Å². The second-order valence-corrected chi connectivity index (χ2v) is 6.91. The van der Waals surface area contributed by atoms with E-state index in [2.05, 4.69) is 5.32 Å². The molecule has 0 aliphatic heterocycles. The fraction of sp³-hybridized carbons (Fsp3) is 0.381. The molecule has 1 amide bonds. The predicted octanol–water partition coefficient (Wildman–Crippen LogP) is 4.35. The SMILES string of the molecule is COc1ccccc1Cn1c(C(=O)NC2CCCCC2)cc2occc21. The van der Waals surface area contributed by atoms with E-state index in [1.54, 1.807) is 13.4 Å². The standard InChI is InChI=1S/C21H24N2O3/c1-25-19-10-6-5-7-15(19)14-23-17-11-12-26-20(17)13-18(23)21(24)22-16-8-3-2-4-9-16/h5-7,10-13,16H,2-4,8-9,14H2,1H3,(H,22,24). The van der Waals surface area contributed by atoms with Crippen molar-refractivity contribution in [1.82, 2.24) is 9.88 Å². The topological polar surface area (TPSA) is 56.4 Å². The summed E-state index contributed by atoms with van der Waals surface area (Å²) in [5, 5.41) is 3.21. The van der Waals surface area contributed by atoms with Gasteiger partial charge in [0.25, 0.3) is 5.91 Å². The van der Waals surface area contributed by atoms with Crippen molar-refractivity contribution in [1.29, 1.82) is 0 Å². The van der Waals surface area contributed by atoms with Crippen molar-refractivity contribution in [3.8, 4) is 5.75 Å². The number of hydrogen-bond donors (Lipinski definition) is 1. The van der Waals surface area contributed by atoms with Crippen molar-refractivity contribution in [2.75, 3.05) is 7.11 Å². The minimum atomic E-state index is -0.0294. The van der Waals surface area contributed by atoms with E-state index < -0.39 is 0 Å². The van der Waals surface area contributed by atoms with Crippen LogP contribution in [0.4, 0.5) is 0 Å². The first-order chi connectivity index (χ1) is 12.8. The molecule has 0 radical (unpaired) electrons. The van der Waals surface area contributed by atoms with Crippen molar-refractivity contribution in [2.45, 2.75) is 44.7 Å². The molecule has 136 valence electrons. The van der Waals surface area contributed by atoms with E-state index in [0.717, 1.165) is 35.3 Å². The number of rotatable bonds is 5. The molecule has 1 fully saturated rings. The van der Waals surface area contributed by atoms with Crippen molar-refractivity contribution < 1.29 is 13.9 Å². The molecule has 5 nitrogen and oxygen atoms in total. The molecule has 26 heavy (non-hydrogen) atoms. The van der Waals surface area contributed by atoms with Crippen molar-refractivity contribution in [3.63, 3.8) is 0 Å². The van der Waals surface area contributed by atoms with E-state index in [9.17, 15) is 4.79 Å². The molecule has 0 unspecified atom stereocenters. The summed E-state index contributed by atoms with van der Waals surface area (Å²) in [4.78, 5) is 12.9. The van der Waals surface area contributed by atoms with Gasteiger partial charge in [-0.15, -0.1) is 0 Å². The Morgan fingerprint density at radius 1 is 1.23 bits per heavy atom. The number of nitrogens with one attached hydrogen (secondary N) is 1. The summed E-state index contributed by atoms with van der Waals surface area (Å²) in [5.74, 6) is 0.787. The predicted molar refractivity (Wildman–Crippen MR) is 101 cm³/mol. The van der Waals surface area contributed by atoms with Gasteiger partial charge in [-0.05, 0) is 18.9 Å². The highest BCUT2D eigenvalue weighted by atomic mass is 16.5. The number of para-hydroxylation sites is 1. The Morgan fingerprint density at radius 2 is 2.04 bits per heavy atom. The molecule has 1 aliphatic rings. The van der Waals surface area contributed by atoms with Crippen LogP contribution in [0.3, 0.4) is 0 Å². The van der Waals surface area contributed by atoms with E-state index in [0.29, 0.717) is 12.2 Å². The number of methoxy groups -OCH3 is 1. The third-order valence-electron chi connectivity index (χ3n) is 5.22. The molecule has 5 heteroatoms. The smallest absolute Gasteiger partial charge is 0.268 e. The van der Waals surface area contributed by atoms with Crippen molar-refractivity contribution >= 4 is 17.0 Å². The normalized spacial score (nSPS) is 15.3. The number of carbonyl (C=O) groups excluding carboxylic acids is 1. The third kappa shape index (κ3) is 3.21. The maximum Gasteiger partial charge on any atom is 0.268 e. The molecular formula is C21H24N2O3. The van der Waals surface area contributed by atoms with Gasteiger partial charge in [-0.1, -0.05) is 37.5 Å². The number of fused-ring (bicyclic) bond motifs is 1. The number of benzene rings is 1. The van der Waals surface area contributed by atoms with E-state index in [-0.39, 0.29) is 11.9 Å². The van der Waals surface area contributed by atoms with Crippen LogP contribution in [0.1, 0.15) is 48.2 Å². The van der Waals surface area contributed by atoms with Gasteiger partial charge < -0.3 is 19.0 Å². The Hall–Kier alpha value is -2.69. The first-order valence-corrected chi connectivity index (χ1v) is 9.26. The first-order valence-electron chi connectivity index (χ1n) is 9.26. The molecule has 0 bridgehead atoms. The highest BCUT2D eigenvalue weighted by Crippen LogP contribution is 2.26. The van der Waals surface area contributed by atoms with Gasteiger partial charge >= 0.3 is 0 Å². The Morgan fingerprint density at radius 3 is 2.85 bits per heavy atom. The molecule has 2 heterocycles. The monoisotopic (exact) mass is 352 g/mol. The molecule has 1 saturated carbocycles.